The maximum Gasteiger partial charge on any atom is 0.271 e. The molecule has 1 aromatic carbocycles. The molecule has 0 radical (unpaired) electrons. The molecule has 5 nitrogen and oxygen atoms in total. The smallest absolute Gasteiger partial charge is 0.271 e. The van der Waals surface area contributed by atoms with E-state index in [4.69, 9.17) is 5.73 Å². The second-order valence-corrected chi connectivity index (χ2v) is 6.76. The molecule has 0 amide bonds. The number of halogens is 1. The van der Waals surface area contributed by atoms with E-state index < -0.39 is 21.9 Å². The van der Waals surface area contributed by atoms with Crippen LogP contribution in [0.5, 0.6) is 0 Å². The van der Waals surface area contributed by atoms with Gasteiger partial charge in [-0.25, -0.2) is 16.8 Å². The van der Waals surface area contributed by atoms with E-state index in [9.17, 15) is 12.8 Å². The van der Waals surface area contributed by atoms with Crippen molar-refractivity contribution in [2.24, 2.45) is 5.73 Å². The van der Waals surface area contributed by atoms with E-state index in [0.29, 0.717) is 16.6 Å². The molecule has 3 aromatic rings. The number of pyridine rings is 1. The second kappa shape index (κ2) is 5.19. The fourth-order valence-corrected chi connectivity index (χ4v) is 3.78. The minimum absolute atomic E-state index is 0.373. The molecule has 0 aliphatic carbocycles. The first-order chi connectivity index (χ1) is 10.4. The molecular formula is C15H14FN3O2S. The maximum atomic E-state index is 13.9. The van der Waals surface area contributed by atoms with Crippen LogP contribution in [0.3, 0.4) is 0 Å². The average molecular weight is 319 g/mol. The first-order valence-electron chi connectivity index (χ1n) is 6.64. The number of hydrogen-bond acceptors (Lipinski definition) is 4. The molecule has 0 saturated carbocycles. The molecule has 2 heterocycles. The minimum Gasteiger partial charge on any atom is -0.324 e. The zero-order valence-electron chi connectivity index (χ0n) is 11.8. The Bertz CT molecular complexity index is 948. The Morgan fingerprint density at radius 2 is 1.95 bits per heavy atom. The van der Waals surface area contributed by atoms with E-state index in [2.05, 4.69) is 4.98 Å². The number of nitrogens with zero attached hydrogens (tertiary/aromatic N) is 2. The Kier molecular flexibility index (Phi) is 3.46. The molecule has 2 N–H and O–H groups in total. The SMILES string of the molecule is CC(N)c1cn(S(=O)(=O)c2ccccc2F)c2cccnc12. The van der Waals surface area contributed by atoms with Gasteiger partial charge in [0.25, 0.3) is 10.0 Å². The fourth-order valence-electron chi connectivity index (χ4n) is 2.35. The molecule has 7 heteroatoms. The molecular weight excluding hydrogens is 305 g/mol. The lowest BCUT2D eigenvalue weighted by molar-refractivity contribution is 0.562. The van der Waals surface area contributed by atoms with Crippen molar-refractivity contribution in [2.75, 3.05) is 0 Å². The van der Waals surface area contributed by atoms with Gasteiger partial charge in [-0.2, -0.15) is 0 Å². The zero-order valence-corrected chi connectivity index (χ0v) is 12.6. The summed E-state index contributed by atoms with van der Waals surface area (Å²) in [5.41, 5.74) is 7.35. The molecule has 0 spiro atoms. The third kappa shape index (κ3) is 2.18. The van der Waals surface area contributed by atoms with Crippen LogP contribution in [0.25, 0.3) is 11.0 Å². The summed E-state index contributed by atoms with van der Waals surface area (Å²) in [6, 6.07) is 8.12. The molecule has 0 fully saturated rings. The highest BCUT2D eigenvalue weighted by atomic mass is 32.2. The van der Waals surface area contributed by atoms with Crippen LogP contribution in [0.2, 0.25) is 0 Å². The first kappa shape index (κ1) is 14.7. The van der Waals surface area contributed by atoms with Gasteiger partial charge < -0.3 is 5.73 Å². The Morgan fingerprint density at radius 1 is 1.23 bits per heavy atom. The summed E-state index contributed by atoms with van der Waals surface area (Å²) in [5.74, 6) is -0.796. The van der Waals surface area contributed by atoms with E-state index in [1.54, 1.807) is 25.3 Å². The summed E-state index contributed by atoms with van der Waals surface area (Å²) < 4.78 is 40.5. The van der Waals surface area contributed by atoms with Crippen molar-refractivity contribution in [1.82, 2.24) is 8.96 Å². The molecule has 1 atom stereocenters. The van der Waals surface area contributed by atoms with Crippen LogP contribution in [0.15, 0.2) is 53.7 Å². The Labute approximate surface area is 127 Å². The topological polar surface area (TPSA) is 78.0 Å². The fraction of sp³-hybridized carbons (Fsp3) is 0.133. The van der Waals surface area contributed by atoms with Crippen LogP contribution in [0.4, 0.5) is 4.39 Å². The second-order valence-electron chi connectivity index (χ2n) is 4.98. The van der Waals surface area contributed by atoms with Crippen molar-refractivity contribution in [3.63, 3.8) is 0 Å². The number of rotatable bonds is 3. The van der Waals surface area contributed by atoms with Gasteiger partial charge in [0.1, 0.15) is 10.7 Å². The quantitative estimate of drug-likeness (QED) is 0.804. The molecule has 0 aliphatic heterocycles. The number of benzene rings is 1. The summed E-state index contributed by atoms with van der Waals surface area (Å²) in [6.07, 6.45) is 2.97. The van der Waals surface area contributed by atoms with E-state index >= 15 is 0 Å². The number of aromatic nitrogens is 2. The van der Waals surface area contributed by atoms with Crippen molar-refractivity contribution >= 4 is 21.1 Å². The molecule has 0 aliphatic rings. The van der Waals surface area contributed by atoms with Crippen LogP contribution in [0.1, 0.15) is 18.5 Å². The maximum absolute atomic E-state index is 13.9. The summed E-state index contributed by atoms with van der Waals surface area (Å²) in [5, 5.41) is 0. The van der Waals surface area contributed by atoms with Crippen molar-refractivity contribution in [2.45, 2.75) is 17.9 Å². The van der Waals surface area contributed by atoms with Gasteiger partial charge in [-0.1, -0.05) is 12.1 Å². The summed E-state index contributed by atoms with van der Waals surface area (Å²) in [7, 11) is -4.06. The van der Waals surface area contributed by atoms with Gasteiger partial charge >= 0.3 is 0 Å². The first-order valence-corrected chi connectivity index (χ1v) is 8.08. The lowest BCUT2D eigenvalue weighted by atomic mass is 10.1. The molecule has 0 bridgehead atoms. The van der Waals surface area contributed by atoms with Crippen LogP contribution in [0, 0.1) is 5.82 Å². The van der Waals surface area contributed by atoms with E-state index in [0.717, 1.165) is 10.0 Å². The standard InChI is InChI=1S/C15H14FN3O2S/c1-10(17)11-9-19(13-6-4-8-18-15(11)13)22(20,21)14-7-3-2-5-12(14)16/h2-10H,17H2,1H3. The normalized spacial score (nSPS) is 13.4. The highest BCUT2D eigenvalue weighted by Gasteiger charge is 2.25. The van der Waals surface area contributed by atoms with Crippen LogP contribution in [-0.2, 0) is 10.0 Å². The summed E-state index contributed by atoms with van der Waals surface area (Å²) in [6.45, 7) is 1.74. The molecule has 2 aromatic heterocycles. The van der Waals surface area contributed by atoms with Crippen molar-refractivity contribution < 1.29 is 12.8 Å². The third-order valence-electron chi connectivity index (χ3n) is 3.42. The Hall–Kier alpha value is -2.25. The van der Waals surface area contributed by atoms with Gasteiger partial charge in [0.05, 0.1) is 11.0 Å². The number of hydrogen-bond donors (Lipinski definition) is 1. The van der Waals surface area contributed by atoms with Gasteiger partial charge in [0.15, 0.2) is 0 Å². The number of nitrogens with two attached hydrogens (primary N) is 1. The van der Waals surface area contributed by atoms with Gasteiger partial charge in [-0.15, -0.1) is 0 Å². The average Bonchev–Trinajstić information content (AvgIpc) is 2.88. The van der Waals surface area contributed by atoms with Gasteiger partial charge in [-0.05, 0) is 31.2 Å². The van der Waals surface area contributed by atoms with Crippen molar-refractivity contribution in [3.05, 3.63) is 60.2 Å². The predicted octanol–water partition coefficient (Wildman–Crippen LogP) is 2.43. The van der Waals surface area contributed by atoms with Crippen LogP contribution >= 0.6 is 0 Å². The largest absolute Gasteiger partial charge is 0.324 e. The van der Waals surface area contributed by atoms with E-state index in [-0.39, 0.29) is 4.90 Å². The minimum atomic E-state index is -4.06. The zero-order chi connectivity index (χ0) is 15.9. The Morgan fingerprint density at radius 3 is 2.64 bits per heavy atom. The summed E-state index contributed by atoms with van der Waals surface area (Å²) in [4.78, 5) is 3.81. The Balaban J connectivity index is 2.33. The lowest BCUT2D eigenvalue weighted by Crippen LogP contribution is -2.13. The van der Waals surface area contributed by atoms with Crippen LogP contribution in [-0.4, -0.2) is 17.4 Å². The third-order valence-corrected chi connectivity index (χ3v) is 5.12. The molecule has 22 heavy (non-hydrogen) atoms. The lowest BCUT2D eigenvalue weighted by Gasteiger charge is -2.08. The monoisotopic (exact) mass is 319 g/mol. The van der Waals surface area contributed by atoms with Gasteiger partial charge in [0.2, 0.25) is 0 Å². The van der Waals surface area contributed by atoms with Crippen molar-refractivity contribution in [1.29, 1.82) is 0 Å². The predicted molar refractivity (Wildman–Crippen MR) is 81.3 cm³/mol. The van der Waals surface area contributed by atoms with E-state index in [1.807, 2.05) is 0 Å². The molecule has 0 saturated heterocycles. The molecule has 114 valence electrons. The molecule has 3 rings (SSSR count). The highest BCUT2D eigenvalue weighted by molar-refractivity contribution is 7.90. The van der Waals surface area contributed by atoms with Crippen LogP contribution < -0.4 is 5.73 Å². The number of fused-ring (bicyclic) bond motifs is 1. The van der Waals surface area contributed by atoms with E-state index in [1.165, 1.54) is 24.4 Å². The summed E-state index contributed by atoms with van der Waals surface area (Å²) >= 11 is 0. The van der Waals surface area contributed by atoms with Gasteiger partial charge in [0, 0.05) is 24.0 Å². The van der Waals surface area contributed by atoms with Gasteiger partial charge in [-0.3, -0.25) is 4.98 Å². The highest BCUT2D eigenvalue weighted by Crippen LogP contribution is 2.28. The van der Waals surface area contributed by atoms with Crippen molar-refractivity contribution in [3.8, 4) is 0 Å². The molecule has 1 unspecified atom stereocenters.